The molecular weight excluding hydrogens is 195 g/mol. The SMILES string of the molecule is C[C](CO)c1cc(Cl)ccc1Cl. The van der Waals surface area contributed by atoms with Gasteiger partial charge in [-0.3, -0.25) is 0 Å². The van der Waals surface area contributed by atoms with Gasteiger partial charge >= 0.3 is 0 Å². The van der Waals surface area contributed by atoms with Crippen LogP contribution in [-0.2, 0) is 0 Å². The zero-order valence-corrected chi connectivity index (χ0v) is 8.15. The number of rotatable bonds is 2. The van der Waals surface area contributed by atoms with Crippen LogP contribution >= 0.6 is 23.2 Å². The molecule has 0 aliphatic heterocycles. The molecule has 0 aromatic heterocycles. The molecule has 0 aliphatic carbocycles. The molecule has 1 rings (SSSR count). The smallest absolute Gasteiger partial charge is 0.0535 e. The fraction of sp³-hybridized carbons (Fsp3) is 0.222. The lowest BCUT2D eigenvalue weighted by Gasteiger charge is -2.09. The van der Waals surface area contributed by atoms with Crippen molar-refractivity contribution in [3.8, 4) is 0 Å². The van der Waals surface area contributed by atoms with E-state index in [2.05, 4.69) is 0 Å². The van der Waals surface area contributed by atoms with Crippen LogP contribution in [0.15, 0.2) is 18.2 Å². The number of hydrogen-bond donors (Lipinski definition) is 1. The Morgan fingerprint density at radius 2 is 2.08 bits per heavy atom. The Hall–Kier alpha value is -0.240. The minimum absolute atomic E-state index is 0.0000617. The van der Waals surface area contributed by atoms with E-state index < -0.39 is 0 Å². The summed E-state index contributed by atoms with van der Waals surface area (Å²) in [5.74, 6) is 0.822. The predicted octanol–water partition coefficient (Wildman–Crippen LogP) is 2.93. The van der Waals surface area contributed by atoms with Gasteiger partial charge in [-0.05, 0) is 23.8 Å². The molecule has 1 aromatic carbocycles. The zero-order valence-electron chi connectivity index (χ0n) is 6.64. The van der Waals surface area contributed by atoms with E-state index in [1.54, 1.807) is 18.2 Å². The van der Waals surface area contributed by atoms with E-state index in [4.69, 9.17) is 28.3 Å². The summed E-state index contributed by atoms with van der Waals surface area (Å²) >= 11 is 11.6. The van der Waals surface area contributed by atoms with Gasteiger partial charge < -0.3 is 5.11 Å². The third-order valence-electron chi connectivity index (χ3n) is 1.63. The molecular formula is C9H9Cl2O. The van der Waals surface area contributed by atoms with Crippen molar-refractivity contribution in [3.63, 3.8) is 0 Å². The molecule has 0 saturated carbocycles. The van der Waals surface area contributed by atoms with Gasteiger partial charge in [0.25, 0.3) is 0 Å². The maximum atomic E-state index is 8.86. The first-order chi connectivity index (χ1) is 5.65. The summed E-state index contributed by atoms with van der Waals surface area (Å²) in [7, 11) is 0. The first-order valence-corrected chi connectivity index (χ1v) is 4.29. The van der Waals surface area contributed by atoms with Gasteiger partial charge in [0.05, 0.1) is 6.61 Å². The highest BCUT2D eigenvalue weighted by atomic mass is 35.5. The number of halogens is 2. The van der Waals surface area contributed by atoms with Gasteiger partial charge in [0, 0.05) is 16.0 Å². The van der Waals surface area contributed by atoms with E-state index in [1.807, 2.05) is 6.92 Å². The lowest BCUT2D eigenvalue weighted by Crippen LogP contribution is -2.00. The van der Waals surface area contributed by atoms with Crippen LogP contribution in [0.3, 0.4) is 0 Å². The highest BCUT2D eigenvalue weighted by Crippen LogP contribution is 2.26. The molecule has 0 atom stereocenters. The average Bonchev–Trinajstić information content (AvgIpc) is 2.08. The third kappa shape index (κ3) is 2.13. The molecule has 0 bridgehead atoms. The molecule has 1 N–H and O–H groups in total. The zero-order chi connectivity index (χ0) is 9.14. The molecule has 0 aliphatic rings. The Morgan fingerprint density at radius 1 is 1.42 bits per heavy atom. The van der Waals surface area contributed by atoms with Crippen molar-refractivity contribution in [2.75, 3.05) is 6.61 Å². The van der Waals surface area contributed by atoms with E-state index in [0.717, 1.165) is 11.5 Å². The second-order valence-corrected chi connectivity index (χ2v) is 3.41. The third-order valence-corrected chi connectivity index (χ3v) is 2.19. The predicted molar refractivity (Wildman–Crippen MR) is 51.6 cm³/mol. The van der Waals surface area contributed by atoms with Crippen LogP contribution in [0.25, 0.3) is 0 Å². The molecule has 3 heteroatoms. The van der Waals surface area contributed by atoms with Crippen molar-refractivity contribution < 1.29 is 5.11 Å². The van der Waals surface area contributed by atoms with Gasteiger partial charge in [0.15, 0.2) is 0 Å². The fourth-order valence-corrected chi connectivity index (χ4v) is 1.36. The van der Waals surface area contributed by atoms with Crippen molar-refractivity contribution in [2.24, 2.45) is 0 Å². The molecule has 0 amide bonds. The topological polar surface area (TPSA) is 20.2 Å². The largest absolute Gasteiger partial charge is 0.395 e. The normalized spacial score (nSPS) is 10.8. The van der Waals surface area contributed by atoms with Crippen LogP contribution in [0.5, 0.6) is 0 Å². The number of hydrogen-bond acceptors (Lipinski definition) is 1. The quantitative estimate of drug-likeness (QED) is 0.785. The van der Waals surface area contributed by atoms with Crippen LogP contribution in [0.1, 0.15) is 12.5 Å². The minimum atomic E-state index is 0.0000617. The van der Waals surface area contributed by atoms with Crippen LogP contribution in [-0.4, -0.2) is 11.7 Å². The van der Waals surface area contributed by atoms with Crippen LogP contribution in [0, 0.1) is 5.92 Å². The average molecular weight is 204 g/mol. The van der Waals surface area contributed by atoms with Gasteiger partial charge in [-0.1, -0.05) is 30.1 Å². The standard InChI is InChI=1S/C9H9Cl2O/c1-6(5-12)8-4-7(10)2-3-9(8)11/h2-4,12H,5H2,1H3. The summed E-state index contributed by atoms with van der Waals surface area (Å²) in [5, 5.41) is 10.1. The molecule has 0 saturated heterocycles. The van der Waals surface area contributed by atoms with E-state index in [0.29, 0.717) is 10.0 Å². The Kier molecular flexibility index (Phi) is 3.39. The molecule has 65 valence electrons. The first-order valence-electron chi connectivity index (χ1n) is 3.54. The second-order valence-electron chi connectivity index (χ2n) is 2.56. The maximum absolute atomic E-state index is 8.86. The van der Waals surface area contributed by atoms with Crippen molar-refractivity contribution in [1.82, 2.24) is 0 Å². The van der Waals surface area contributed by atoms with E-state index in [-0.39, 0.29) is 6.61 Å². The summed E-state index contributed by atoms with van der Waals surface area (Å²) in [5.41, 5.74) is 0.812. The lowest BCUT2D eigenvalue weighted by molar-refractivity contribution is 0.315. The lowest BCUT2D eigenvalue weighted by atomic mass is 10.0. The van der Waals surface area contributed by atoms with Gasteiger partial charge in [-0.2, -0.15) is 0 Å². The summed E-state index contributed by atoms with van der Waals surface area (Å²) in [4.78, 5) is 0. The Balaban J connectivity index is 3.04. The van der Waals surface area contributed by atoms with Crippen LogP contribution in [0.4, 0.5) is 0 Å². The minimum Gasteiger partial charge on any atom is -0.395 e. The molecule has 0 unspecified atom stereocenters. The Labute approximate surface area is 81.9 Å². The number of benzene rings is 1. The van der Waals surface area contributed by atoms with Gasteiger partial charge in [-0.15, -0.1) is 0 Å². The highest BCUT2D eigenvalue weighted by molar-refractivity contribution is 6.33. The molecule has 1 radical (unpaired) electrons. The van der Waals surface area contributed by atoms with Crippen molar-refractivity contribution in [3.05, 3.63) is 39.7 Å². The van der Waals surface area contributed by atoms with Gasteiger partial charge in [0.1, 0.15) is 0 Å². The van der Waals surface area contributed by atoms with E-state index in [1.165, 1.54) is 0 Å². The molecule has 12 heavy (non-hydrogen) atoms. The van der Waals surface area contributed by atoms with E-state index >= 15 is 0 Å². The number of aliphatic hydroxyl groups is 1. The van der Waals surface area contributed by atoms with Crippen molar-refractivity contribution in [1.29, 1.82) is 0 Å². The van der Waals surface area contributed by atoms with Crippen molar-refractivity contribution >= 4 is 23.2 Å². The molecule has 1 nitrogen and oxygen atoms in total. The van der Waals surface area contributed by atoms with Crippen LogP contribution in [0.2, 0.25) is 10.0 Å². The van der Waals surface area contributed by atoms with Gasteiger partial charge in [0.2, 0.25) is 0 Å². The van der Waals surface area contributed by atoms with Gasteiger partial charge in [-0.25, -0.2) is 0 Å². The Bertz CT molecular complexity index is 273. The Morgan fingerprint density at radius 3 is 2.67 bits per heavy atom. The monoisotopic (exact) mass is 203 g/mol. The number of aliphatic hydroxyl groups excluding tert-OH is 1. The molecule has 0 spiro atoms. The summed E-state index contributed by atoms with van der Waals surface area (Å²) < 4.78 is 0. The molecule has 0 heterocycles. The summed E-state index contributed by atoms with van der Waals surface area (Å²) in [6.45, 7) is 1.82. The molecule has 1 aromatic rings. The van der Waals surface area contributed by atoms with Crippen molar-refractivity contribution in [2.45, 2.75) is 6.92 Å². The van der Waals surface area contributed by atoms with E-state index in [9.17, 15) is 0 Å². The fourth-order valence-electron chi connectivity index (χ4n) is 0.910. The molecule has 0 fully saturated rings. The maximum Gasteiger partial charge on any atom is 0.0535 e. The summed E-state index contributed by atoms with van der Waals surface area (Å²) in [6.07, 6.45) is 0. The highest BCUT2D eigenvalue weighted by Gasteiger charge is 2.09. The second kappa shape index (κ2) is 4.13. The van der Waals surface area contributed by atoms with Crippen LogP contribution < -0.4 is 0 Å². The first kappa shape index (κ1) is 9.85. The summed E-state index contributed by atoms with van der Waals surface area (Å²) in [6, 6.07) is 5.19.